The Hall–Kier alpha value is -2.90. The second-order valence-corrected chi connectivity index (χ2v) is 6.35. The number of carbonyl (C=O) groups is 1. The van der Waals surface area contributed by atoms with Crippen LogP contribution in [0.3, 0.4) is 0 Å². The number of nitrogens with one attached hydrogen (secondary N) is 1. The van der Waals surface area contributed by atoms with Gasteiger partial charge >= 0.3 is 12.2 Å². The predicted octanol–water partition coefficient (Wildman–Crippen LogP) is 4.54. The zero-order chi connectivity index (χ0) is 20.7. The van der Waals surface area contributed by atoms with Crippen LogP contribution >= 0.6 is 0 Å². The summed E-state index contributed by atoms with van der Waals surface area (Å²) in [5, 5.41) is 2.86. The Labute approximate surface area is 162 Å². The van der Waals surface area contributed by atoms with Gasteiger partial charge in [-0.2, -0.15) is 13.2 Å². The fraction of sp³-hybridized carbons (Fsp3) is 0.350. The number of carbonyl (C=O) groups excluding carboxylic acids is 1. The van der Waals surface area contributed by atoms with Crippen molar-refractivity contribution in [2.24, 2.45) is 0 Å². The summed E-state index contributed by atoms with van der Waals surface area (Å²) in [4.78, 5) is 13.9. The van der Waals surface area contributed by atoms with E-state index in [0.29, 0.717) is 6.54 Å². The van der Waals surface area contributed by atoms with E-state index < -0.39 is 12.8 Å². The van der Waals surface area contributed by atoms with Crippen LogP contribution in [0.1, 0.15) is 24.1 Å². The van der Waals surface area contributed by atoms with E-state index in [0.717, 1.165) is 16.9 Å². The summed E-state index contributed by atoms with van der Waals surface area (Å²) in [6.07, 6.45) is -4.38. The van der Waals surface area contributed by atoms with Crippen molar-refractivity contribution in [2.45, 2.75) is 25.7 Å². The number of hydrogen-bond donors (Lipinski definition) is 1. The Balaban J connectivity index is 1.88. The van der Waals surface area contributed by atoms with E-state index >= 15 is 0 Å². The van der Waals surface area contributed by atoms with Crippen LogP contribution in [0.5, 0.6) is 11.5 Å². The molecule has 152 valence electrons. The van der Waals surface area contributed by atoms with Crippen molar-refractivity contribution in [3.63, 3.8) is 0 Å². The number of methoxy groups -OCH3 is 1. The molecule has 1 N–H and O–H groups in total. The largest absolute Gasteiger partial charge is 0.497 e. The minimum Gasteiger partial charge on any atom is -0.497 e. The lowest BCUT2D eigenvalue weighted by Crippen LogP contribution is -2.38. The van der Waals surface area contributed by atoms with Gasteiger partial charge in [0, 0.05) is 13.6 Å². The lowest BCUT2D eigenvalue weighted by molar-refractivity contribution is -0.153. The zero-order valence-electron chi connectivity index (χ0n) is 15.9. The Morgan fingerprint density at radius 2 is 1.64 bits per heavy atom. The van der Waals surface area contributed by atoms with E-state index in [1.54, 1.807) is 38.1 Å². The summed E-state index contributed by atoms with van der Waals surface area (Å²) in [5.41, 5.74) is 1.71. The van der Waals surface area contributed by atoms with Gasteiger partial charge in [0.25, 0.3) is 0 Å². The van der Waals surface area contributed by atoms with Crippen LogP contribution in [0.15, 0.2) is 48.5 Å². The molecule has 0 spiro atoms. The molecule has 0 saturated heterocycles. The summed E-state index contributed by atoms with van der Waals surface area (Å²) < 4.78 is 46.3. The van der Waals surface area contributed by atoms with Gasteiger partial charge < -0.3 is 19.7 Å². The first kappa shape index (κ1) is 21.4. The molecule has 2 amide bonds. The van der Waals surface area contributed by atoms with Gasteiger partial charge in [0.05, 0.1) is 13.2 Å². The Kier molecular flexibility index (Phi) is 7.14. The molecular formula is C20H23F3N2O3. The number of nitrogens with zero attached hydrogens (tertiary/aromatic N) is 1. The number of hydrogen-bond acceptors (Lipinski definition) is 3. The normalized spacial score (nSPS) is 12.2. The van der Waals surface area contributed by atoms with E-state index in [2.05, 4.69) is 10.1 Å². The van der Waals surface area contributed by atoms with Gasteiger partial charge in [-0.15, -0.1) is 0 Å². The first-order valence-electron chi connectivity index (χ1n) is 8.62. The summed E-state index contributed by atoms with van der Waals surface area (Å²) in [6, 6.07) is 13.0. The van der Waals surface area contributed by atoms with Gasteiger partial charge in [-0.25, -0.2) is 4.79 Å². The number of urea groups is 1. The third kappa shape index (κ3) is 6.68. The fourth-order valence-electron chi connectivity index (χ4n) is 2.47. The quantitative estimate of drug-likeness (QED) is 0.748. The van der Waals surface area contributed by atoms with E-state index in [9.17, 15) is 18.0 Å². The smallest absolute Gasteiger partial charge is 0.422 e. The monoisotopic (exact) mass is 396 g/mol. The number of rotatable bonds is 7. The van der Waals surface area contributed by atoms with Crippen molar-refractivity contribution >= 4 is 6.03 Å². The lowest BCUT2D eigenvalue weighted by Gasteiger charge is -2.22. The molecule has 0 heterocycles. The molecular weight excluding hydrogens is 373 g/mol. The molecule has 0 aliphatic rings. The molecule has 0 saturated carbocycles. The molecule has 28 heavy (non-hydrogen) atoms. The van der Waals surface area contributed by atoms with Crippen molar-refractivity contribution in [1.29, 1.82) is 0 Å². The van der Waals surface area contributed by atoms with Gasteiger partial charge in [-0.1, -0.05) is 24.3 Å². The van der Waals surface area contributed by atoms with Gasteiger partial charge in [-0.05, 0) is 42.3 Å². The van der Waals surface area contributed by atoms with Crippen molar-refractivity contribution < 1.29 is 27.4 Å². The number of halogens is 3. The van der Waals surface area contributed by atoms with Crippen LogP contribution < -0.4 is 14.8 Å². The Morgan fingerprint density at radius 3 is 2.18 bits per heavy atom. The van der Waals surface area contributed by atoms with E-state index in [4.69, 9.17) is 4.74 Å². The Bertz CT molecular complexity index is 762. The molecule has 2 rings (SSSR count). The summed E-state index contributed by atoms with van der Waals surface area (Å²) in [6.45, 7) is 0.881. The van der Waals surface area contributed by atoms with Crippen molar-refractivity contribution in [1.82, 2.24) is 10.2 Å². The molecule has 0 aromatic heterocycles. The molecule has 0 bridgehead atoms. The van der Waals surface area contributed by atoms with Crippen LogP contribution in [-0.4, -0.2) is 37.9 Å². The van der Waals surface area contributed by atoms with Crippen LogP contribution in [0.4, 0.5) is 18.0 Å². The SMILES string of the molecule is COc1ccc(CN(C)C(=O)NC(C)c2ccc(OCC(F)(F)F)cc2)cc1. The topological polar surface area (TPSA) is 50.8 Å². The molecule has 1 unspecified atom stereocenters. The Morgan fingerprint density at radius 1 is 1.07 bits per heavy atom. The molecule has 2 aromatic rings. The molecule has 5 nitrogen and oxygen atoms in total. The van der Waals surface area contributed by atoms with Gasteiger partial charge in [-0.3, -0.25) is 0 Å². The van der Waals surface area contributed by atoms with Crippen molar-refractivity contribution in [3.8, 4) is 11.5 Å². The first-order chi connectivity index (χ1) is 13.2. The molecule has 0 aliphatic carbocycles. The zero-order valence-corrected chi connectivity index (χ0v) is 15.9. The average molecular weight is 396 g/mol. The average Bonchev–Trinajstić information content (AvgIpc) is 2.66. The maximum absolute atomic E-state index is 12.4. The van der Waals surface area contributed by atoms with Crippen LogP contribution in [0, 0.1) is 0 Å². The maximum Gasteiger partial charge on any atom is 0.422 e. The summed E-state index contributed by atoms with van der Waals surface area (Å²) in [5.74, 6) is 0.864. The highest BCUT2D eigenvalue weighted by atomic mass is 19.4. The minimum absolute atomic E-state index is 0.122. The second kappa shape index (κ2) is 9.34. The number of ether oxygens (including phenoxy) is 2. The standard InChI is InChI=1S/C20H23F3N2O3/c1-14(16-6-10-18(11-7-16)28-13-20(21,22)23)24-19(26)25(2)12-15-4-8-17(27-3)9-5-15/h4-11,14H,12-13H2,1-3H3,(H,24,26). The van der Waals surface area contributed by atoms with E-state index in [-0.39, 0.29) is 17.8 Å². The summed E-state index contributed by atoms with van der Waals surface area (Å²) >= 11 is 0. The first-order valence-corrected chi connectivity index (χ1v) is 8.62. The predicted molar refractivity (Wildman–Crippen MR) is 99.4 cm³/mol. The van der Waals surface area contributed by atoms with E-state index in [1.807, 2.05) is 24.3 Å². The van der Waals surface area contributed by atoms with Crippen LogP contribution in [-0.2, 0) is 6.54 Å². The highest BCUT2D eigenvalue weighted by molar-refractivity contribution is 5.74. The summed E-state index contributed by atoms with van der Waals surface area (Å²) in [7, 11) is 3.27. The van der Waals surface area contributed by atoms with Crippen LogP contribution in [0.25, 0.3) is 0 Å². The van der Waals surface area contributed by atoms with Gasteiger partial charge in [0.15, 0.2) is 6.61 Å². The van der Waals surface area contributed by atoms with E-state index in [1.165, 1.54) is 12.1 Å². The number of amides is 2. The van der Waals surface area contributed by atoms with Crippen molar-refractivity contribution in [3.05, 3.63) is 59.7 Å². The lowest BCUT2D eigenvalue weighted by atomic mass is 10.1. The van der Waals surface area contributed by atoms with Crippen LogP contribution in [0.2, 0.25) is 0 Å². The fourth-order valence-corrected chi connectivity index (χ4v) is 2.47. The minimum atomic E-state index is -4.38. The molecule has 2 aromatic carbocycles. The second-order valence-electron chi connectivity index (χ2n) is 6.35. The van der Waals surface area contributed by atoms with Gasteiger partial charge in [0.1, 0.15) is 11.5 Å². The molecule has 0 aliphatic heterocycles. The highest BCUT2D eigenvalue weighted by Gasteiger charge is 2.28. The van der Waals surface area contributed by atoms with Crippen molar-refractivity contribution in [2.75, 3.05) is 20.8 Å². The number of benzene rings is 2. The molecule has 0 radical (unpaired) electrons. The molecule has 1 atom stereocenters. The third-order valence-electron chi connectivity index (χ3n) is 4.05. The number of alkyl halides is 3. The maximum atomic E-state index is 12.4. The molecule has 0 fully saturated rings. The third-order valence-corrected chi connectivity index (χ3v) is 4.05. The molecule has 8 heteroatoms. The highest BCUT2D eigenvalue weighted by Crippen LogP contribution is 2.21. The van der Waals surface area contributed by atoms with Gasteiger partial charge in [0.2, 0.25) is 0 Å².